The van der Waals surface area contributed by atoms with Gasteiger partial charge in [-0.3, -0.25) is 0 Å². The topological polar surface area (TPSA) is 22.1 Å². The highest BCUT2D eigenvalue weighted by Crippen LogP contribution is 2.31. The number of pyridine rings is 1. The predicted octanol–water partition coefficient (Wildman–Crippen LogP) is 5.14. The average molecular weight is 328 g/mol. The van der Waals surface area contributed by atoms with Gasteiger partial charge in [0.25, 0.3) is 0 Å². The highest BCUT2D eigenvalue weighted by molar-refractivity contribution is 6.29. The van der Waals surface area contributed by atoms with Gasteiger partial charge in [-0.2, -0.15) is 0 Å². The number of nitrogens with zero attached hydrogens (tertiary/aromatic N) is 1. The normalized spacial score (nSPS) is 10.6. The van der Waals surface area contributed by atoms with E-state index in [1.807, 2.05) is 30.3 Å². The zero-order valence-corrected chi connectivity index (χ0v) is 13.3. The van der Waals surface area contributed by atoms with E-state index in [0.29, 0.717) is 11.6 Å². The number of ether oxygens (including phenoxy) is 1. The molecule has 3 aromatic rings. The van der Waals surface area contributed by atoms with Gasteiger partial charge in [0.05, 0.1) is 12.8 Å². The summed E-state index contributed by atoms with van der Waals surface area (Å²) in [6.07, 6.45) is 0.706. The van der Waals surface area contributed by atoms with Crippen LogP contribution in [0.15, 0.2) is 60.7 Å². The van der Waals surface area contributed by atoms with Gasteiger partial charge in [-0.05, 0) is 53.9 Å². The molecule has 0 atom stereocenters. The summed E-state index contributed by atoms with van der Waals surface area (Å²) in [6, 6.07) is 17.9. The molecule has 0 fully saturated rings. The molecule has 0 saturated heterocycles. The lowest BCUT2D eigenvalue weighted by Crippen LogP contribution is -1.94. The molecule has 0 aliphatic rings. The third-order valence-corrected chi connectivity index (χ3v) is 3.79. The summed E-state index contributed by atoms with van der Waals surface area (Å²) in [5.74, 6) is 0.509. The molecule has 3 rings (SSSR count). The van der Waals surface area contributed by atoms with Gasteiger partial charge in [-0.15, -0.1) is 0 Å². The summed E-state index contributed by atoms with van der Waals surface area (Å²) in [5.41, 5.74) is 3.78. The van der Waals surface area contributed by atoms with E-state index in [9.17, 15) is 4.39 Å². The number of halogens is 2. The Morgan fingerprint density at radius 1 is 1.00 bits per heavy atom. The lowest BCUT2D eigenvalue weighted by molar-refractivity contribution is 0.416. The minimum Gasteiger partial charge on any atom is -0.496 e. The second-order valence-electron chi connectivity index (χ2n) is 5.18. The van der Waals surface area contributed by atoms with Crippen LogP contribution in [-0.2, 0) is 6.42 Å². The quantitative estimate of drug-likeness (QED) is 0.619. The molecule has 0 aliphatic heterocycles. The van der Waals surface area contributed by atoms with Gasteiger partial charge in [0.1, 0.15) is 16.7 Å². The van der Waals surface area contributed by atoms with Gasteiger partial charge in [0.15, 0.2) is 0 Å². The Bertz CT molecular complexity index is 818. The summed E-state index contributed by atoms with van der Waals surface area (Å²) in [5, 5.41) is 0.438. The standard InChI is InChI=1S/C19H15ClFNO/c1-23-18-10-7-14(11-13-5-8-15(21)9-6-13)12-16(18)17-3-2-4-19(20)22-17/h2-10,12H,11H2,1H3. The summed E-state index contributed by atoms with van der Waals surface area (Å²) in [4.78, 5) is 4.35. The Balaban J connectivity index is 1.97. The van der Waals surface area contributed by atoms with Crippen LogP contribution in [-0.4, -0.2) is 12.1 Å². The zero-order chi connectivity index (χ0) is 16.2. The Labute approximate surface area is 139 Å². The molecule has 2 aromatic carbocycles. The number of aromatic nitrogens is 1. The van der Waals surface area contributed by atoms with Gasteiger partial charge in [-0.25, -0.2) is 9.37 Å². The molecule has 1 aromatic heterocycles. The van der Waals surface area contributed by atoms with Crippen LogP contribution in [0.4, 0.5) is 4.39 Å². The van der Waals surface area contributed by atoms with Gasteiger partial charge in [0, 0.05) is 5.56 Å². The van der Waals surface area contributed by atoms with Crippen LogP contribution in [0, 0.1) is 5.82 Å². The minimum absolute atomic E-state index is 0.229. The lowest BCUT2D eigenvalue weighted by atomic mass is 10.0. The van der Waals surface area contributed by atoms with Gasteiger partial charge >= 0.3 is 0 Å². The first-order valence-corrected chi connectivity index (χ1v) is 7.58. The molecule has 0 N–H and O–H groups in total. The van der Waals surface area contributed by atoms with Crippen LogP contribution in [0.1, 0.15) is 11.1 Å². The number of benzene rings is 2. The Morgan fingerprint density at radius 3 is 2.43 bits per heavy atom. The molecule has 0 spiro atoms. The van der Waals surface area contributed by atoms with Crippen molar-refractivity contribution < 1.29 is 9.13 Å². The molecule has 23 heavy (non-hydrogen) atoms. The van der Waals surface area contributed by atoms with E-state index in [-0.39, 0.29) is 5.82 Å². The second kappa shape index (κ2) is 6.80. The predicted molar refractivity (Wildman–Crippen MR) is 90.4 cm³/mol. The van der Waals surface area contributed by atoms with Crippen molar-refractivity contribution in [1.29, 1.82) is 0 Å². The number of hydrogen-bond donors (Lipinski definition) is 0. The Hall–Kier alpha value is -2.39. The molecule has 4 heteroatoms. The van der Waals surface area contributed by atoms with E-state index in [2.05, 4.69) is 4.98 Å². The Morgan fingerprint density at radius 2 is 1.74 bits per heavy atom. The van der Waals surface area contributed by atoms with E-state index in [1.165, 1.54) is 12.1 Å². The van der Waals surface area contributed by atoms with Crippen molar-refractivity contribution in [3.05, 3.63) is 82.8 Å². The fourth-order valence-electron chi connectivity index (χ4n) is 2.46. The van der Waals surface area contributed by atoms with Crippen LogP contribution in [0.5, 0.6) is 5.75 Å². The van der Waals surface area contributed by atoms with E-state index < -0.39 is 0 Å². The fraction of sp³-hybridized carbons (Fsp3) is 0.105. The molecular formula is C19H15ClFNO. The smallest absolute Gasteiger partial charge is 0.129 e. The highest BCUT2D eigenvalue weighted by atomic mass is 35.5. The van der Waals surface area contributed by atoms with Gasteiger partial charge in [-0.1, -0.05) is 35.9 Å². The van der Waals surface area contributed by atoms with E-state index in [0.717, 1.165) is 28.1 Å². The molecule has 0 radical (unpaired) electrons. The van der Waals surface area contributed by atoms with Gasteiger partial charge < -0.3 is 4.74 Å². The summed E-state index contributed by atoms with van der Waals surface area (Å²) >= 11 is 5.99. The van der Waals surface area contributed by atoms with Crippen molar-refractivity contribution >= 4 is 11.6 Å². The Kier molecular flexibility index (Phi) is 4.58. The minimum atomic E-state index is -0.229. The number of hydrogen-bond acceptors (Lipinski definition) is 2. The first kappa shape index (κ1) is 15.5. The van der Waals surface area contributed by atoms with Crippen LogP contribution in [0.3, 0.4) is 0 Å². The summed E-state index contributed by atoms with van der Waals surface area (Å²) in [7, 11) is 1.63. The SMILES string of the molecule is COc1ccc(Cc2ccc(F)cc2)cc1-c1cccc(Cl)n1. The third kappa shape index (κ3) is 3.69. The zero-order valence-electron chi connectivity index (χ0n) is 12.6. The maximum atomic E-state index is 13.0. The first-order chi connectivity index (χ1) is 11.2. The van der Waals surface area contributed by atoms with Crippen molar-refractivity contribution in [3.8, 4) is 17.0 Å². The van der Waals surface area contributed by atoms with Crippen molar-refractivity contribution in [2.24, 2.45) is 0 Å². The van der Waals surface area contributed by atoms with E-state index >= 15 is 0 Å². The number of methoxy groups -OCH3 is 1. The maximum absolute atomic E-state index is 13.0. The molecular weight excluding hydrogens is 313 g/mol. The molecule has 0 unspecified atom stereocenters. The van der Waals surface area contributed by atoms with E-state index in [1.54, 1.807) is 25.3 Å². The largest absolute Gasteiger partial charge is 0.496 e. The summed E-state index contributed by atoms with van der Waals surface area (Å²) < 4.78 is 18.4. The van der Waals surface area contributed by atoms with Crippen molar-refractivity contribution in [2.45, 2.75) is 6.42 Å². The van der Waals surface area contributed by atoms with Crippen LogP contribution in [0.25, 0.3) is 11.3 Å². The molecule has 0 bridgehead atoms. The second-order valence-corrected chi connectivity index (χ2v) is 5.57. The molecule has 1 heterocycles. The number of rotatable bonds is 4. The fourth-order valence-corrected chi connectivity index (χ4v) is 2.63. The molecule has 0 amide bonds. The van der Waals surface area contributed by atoms with Crippen molar-refractivity contribution in [2.75, 3.05) is 7.11 Å². The van der Waals surface area contributed by atoms with Crippen molar-refractivity contribution in [1.82, 2.24) is 4.98 Å². The highest BCUT2D eigenvalue weighted by Gasteiger charge is 2.09. The van der Waals surface area contributed by atoms with Crippen molar-refractivity contribution in [3.63, 3.8) is 0 Å². The average Bonchev–Trinajstić information content (AvgIpc) is 2.57. The molecule has 0 saturated carbocycles. The molecule has 0 aliphatic carbocycles. The van der Waals surface area contributed by atoms with Crippen LogP contribution < -0.4 is 4.74 Å². The monoisotopic (exact) mass is 327 g/mol. The lowest BCUT2D eigenvalue weighted by Gasteiger charge is -2.11. The molecule has 2 nitrogen and oxygen atoms in total. The summed E-state index contributed by atoms with van der Waals surface area (Å²) in [6.45, 7) is 0. The van der Waals surface area contributed by atoms with Crippen LogP contribution in [0.2, 0.25) is 5.15 Å². The van der Waals surface area contributed by atoms with Gasteiger partial charge in [0.2, 0.25) is 0 Å². The molecule has 116 valence electrons. The third-order valence-electron chi connectivity index (χ3n) is 3.58. The first-order valence-electron chi connectivity index (χ1n) is 7.20. The van der Waals surface area contributed by atoms with E-state index in [4.69, 9.17) is 16.3 Å². The maximum Gasteiger partial charge on any atom is 0.129 e. The van der Waals surface area contributed by atoms with Crippen LogP contribution >= 0.6 is 11.6 Å².